The predicted octanol–water partition coefficient (Wildman–Crippen LogP) is 4.67. The fourth-order valence-corrected chi connectivity index (χ4v) is 4.72. The SMILES string of the molecule is C=C[C@H](O)[C@H](Cc1ccc(OC)cc1)C1(C=C)CCC2(CC1)OCCCCO2. The Kier molecular flexibility index (Phi) is 6.97. The highest BCUT2D eigenvalue weighted by Crippen LogP contribution is 2.51. The zero-order valence-corrected chi connectivity index (χ0v) is 17.1. The highest BCUT2D eigenvalue weighted by atomic mass is 16.7. The molecule has 2 aliphatic rings. The Morgan fingerprint density at radius 1 is 1.07 bits per heavy atom. The van der Waals surface area contributed by atoms with Gasteiger partial charge < -0.3 is 19.3 Å². The van der Waals surface area contributed by atoms with Crippen LogP contribution in [0.15, 0.2) is 49.6 Å². The summed E-state index contributed by atoms with van der Waals surface area (Å²) in [5.74, 6) is 0.400. The van der Waals surface area contributed by atoms with Crippen LogP contribution in [0.25, 0.3) is 0 Å². The van der Waals surface area contributed by atoms with Crippen LogP contribution in [0.4, 0.5) is 0 Å². The minimum Gasteiger partial charge on any atom is -0.497 e. The van der Waals surface area contributed by atoms with Crippen LogP contribution in [0, 0.1) is 11.3 Å². The van der Waals surface area contributed by atoms with Crippen molar-refractivity contribution in [2.45, 2.75) is 56.8 Å². The van der Waals surface area contributed by atoms with Gasteiger partial charge in [0.05, 0.1) is 26.4 Å². The minimum absolute atomic E-state index is 0.0130. The van der Waals surface area contributed by atoms with Crippen LogP contribution < -0.4 is 4.74 Å². The molecule has 1 saturated carbocycles. The van der Waals surface area contributed by atoms with Crippen molar-refractivity contribution >= 4 is 0 Å². The third-order valence-electron chi connectivity index (χ3n) is 6.62. The standard InChI is InChI=1S/C24H34O4/c1-4-22(25)21(18-19-8-10-20(26-3)11-9-19)23(5-2)12-14-24(15-13-23)27-16-6-7-17-28-24/h4-5,8-11,21-22,25H,1-2,6-7,12-18H2,3H3/t21-,22-/m0/s1. The molecule has 2 fully saturated rings. The summed E-state index contributed by atoms with van der Waals surface area (Å²) in [4.78, 5) is 0. The number of hydrogen-bond donors (Lipinski definition) is 1. The Hall–Kier alpha value is -1.62. The van der Waals surface area contributed by atoms with Gasteiger partial charge in [0.15, 0.2) is 5.79 Å². The number of ether oxygens (including phenoxy) is 3. The summed E-state index contributed by atoms with van der Waals surface area (Å²) in [5, 5.41) is 10.8. The van der Waals surface area contributed by atoms with E-state index in [-0.39, 0.29) is 11.3 Å². The van der Waals surface area contributed by atoms with Gasteiger partial charge in [0.1, 0.15) is 5.75 Å². The smallest absolute Gasteiger partial charge is 0.168 e. The lowest BCUT2D eigenvalue weighted by Crippen LogP contribution is -2.47. The first-order valence-electron chi connectivity index (χ1n) is 10.4. The van der Waals surface area contributed by atoms with Crippen LogP contribution in [0.1, 0.15) is 44.1 Å². The molecule has 4 nitrogen and oxygen atoms in total. The molecular formula is C24H34O4. The van der Waals surface area contributed by atoms with Gasteiger partial charge in [-0.1, -0.05) is 24.3 Å². The molecular weight excluding hydrogens is 352 g/mol. The molecule has 0 bridgehead atoms. The van der Waals surface area contributed by atoms with Crippen LogP contribution in [-0.4, -0.2) is 37.3 Å². The van der Waals surface area contributed by atoms with Gasteiger partial charge in [-0.2, -0.15) is 0 Å². The molecule has 1 saturated heterocycles. The molecule has 28 heavy (non-hydrogen) atoms. The molecule has 0 radical (unpaired) electrons. The van der Waals surface area contributed by atoms with Crippen molar-refractivity contribution in [2.24, 2.45) is 11.3 Å². The summed E-state index contributed by atoms with van der Waals surface area (Å²) >= 11 is 0. The average molecular weight is 387 g/mol. The summed E-state index contributed by atoms with van der Waals surface area (Å²) in [6.45, 7) is 9.56. The van der Waals surface area contributed by atoms with Gasteiger partial charge in [0.25, 0.3) is 0 Å². The third kappa shape index (κ3) is 4.51. The zero-order chi connectivity index (χ0) is 20.0. The zero-order valence-electron chi connectivity index (χ0n) is 17.1. The van der Waals surface area contributed by atoms with Crippen molar-refractivity contribution in [1.82, 2.24) is 0 Å². The lowest BCUT2D eigenvalue weighted by atomic mass is 9.61. The maximum absolute atomic E-state index is 10.8. The van der Waals surface area contributed by atoms with Crippen LogP contribution in [0.3, 0.4) is 0 Å². The molecule has 1 aromatic carbocycles. The second kappa shape index (κ2) is 9.25. The van der Waals surface area contributed by atoms with E-state index >= 15 is 0 Å². The van der Waals surface area contributed by atoms with Gasteiger partial charge in [-0.25, -0.2) is 0 Å². The normalized spacial score (nSPS) is 23.4. The van der Waals surface area contributed by atoms with E-state index in [1.807, 2.05) is 12.1 Å². The van der Waals surface area contributed by atoms with Gasteiger partial charge in [0.2, 0.25) is 0 Å². The molecule has 3 rings (SSSR count). The second-order valence-electron chi connectivity index (χ2n) is 8.14. The van der Waals surface area contributed by atoms with E-state index in [2.05, 4.69) is 31.4 Å². The summed E-state index contributed by atoms with van der Waals surface area (Å²) in [6, 6.07) is 8.08. The van der Waals surface area contributed by atoms with Crippen LogP contribution in [-0.2, 0) is 15.9 Å². The first-order valence-corrected chi connectivity index (χ1v) is 10.4. The second-order valence-corrected chi connectivity index (χ2v) is 8.14. The van der Waals surface area contributed by atoms with Crippen molar-refractivity contribution in [3.8, 4) is 5.75 Å². The molecule has 0 aromatic heterocycles. The van der Waals surface area contributed by atoms with Crippen LogP contribution >= 0.6 is 0 Å². The first-order chi connectivity index (χ1) is 13.6. The van der Waals surface area contributed by atoms with Gasteiger partial charge in [-0.05, 0) is 55.2 Å². The molecule has 1 heterocycles. The van der Waals surface area contributed by atoms with E-state index in [1.54, 1.807) is 13.2 Å². The molecule has 1 aromatic rings. The van der Waals surface area contributed by atoms with Crippen molar-refractivity contribution in [3.63, 3.8) is 0 Å². The number of aliphatic hydroxyl groups excluding tert-OH is 1. The van der Waals surface area contributed by atoms with E-state index in [0.29, 0.717) is 0 Å². The highest BCUT2D eigenvalue weighted by molar-refractivity contribution is 5.28. The van der Waals surface area contributed by atoms with E-state index in [4.69, 9.17) is 14.2 Å². The predicted molar refractivity (Wildman–Crippen MR) is 111 cm³/mol. The molecule has 154 valence electrons. The number of allylic oxidation sites excluding steroid dienone is 1. The molecule has 1 aliphatic heterocycles. The lowest BCUT2D eigenvalue weighted by Gasteiger charge is -2.48. The Bertz CT molecular complexity index is 633. The van der Waals surface area contributed by atoms with Gasteiger partial charge in [-0.3, -0.25) is 0 Å². The number of aliphatic hydroxyl groups is 1. The number of hydrogen-bond acceptors (Lipinski definition) is 4. The summed E-state index contributed by atoms with van der Waals surface area (Å²) in [6.07, 6.45) is 9.45. The van der Waals surface area contributed by atoms with Crippen LogP contribution in [0.2, 0.25) is 0 Å². The highest BCUT2D eigenvalue weighted by Gasteiger charge is 2.48. The molecule has 1 N–H and O–H groups in total. The number of rotatable bonds is 7. The third-order valence-corrected chi connectivity index (χ3v) is 6.62. The maximum atomic E-state index is 10.8. The minimum atomic E-state index is -0.592. The molecule has 1 spiro atoms. The molecule has 4 heteroatoms. The topological polar surface area (TPSA) is 47.9 Å². The Labute approximate surface area is 169 Å². The van der Waals surface area contributed by atoms with Crippen molar-refractivity contribution in [3.05, 3.63) is 55.1 Å². The maximum Gasteiger partial charge on any atom is 0.168 e. The average Bonchev–Trinajstić information content (AvgIpc) is 2.99. The largest absolute Gasteiger partial charge is 0.497 e. The fraction of sp³-hybridized carbons (Fsp3) is 0.583. The van der Waals surface area contributed by atoms with Crippen LogP contribution in [0.5, 0.6) is 5.75 Å². The summed E-state index contributed by atoms with van der Waals surface area (Å²) in [7, 11) is 1.67. The first kappa shape index (κ1) is 21.1. The van der Waals surface area contributed by atoms with Crippen molar-refractivity contribution in [1.29, 1.82) is 0 Å². The van der Waals surface area contributed by atoms with Crippen molar-refractivity contribution in [2.75, 3.05) is 20.3 Å². The van der Waals surface area contributed by atoms with Gasteiger partial charge >= 0.3 is 0 Å². The summed E-state index contributed by atoms with van der Waals surface area (Å²) in [5.41, 5.74) is 1.01. The molecule has 1 aliphatic carbocycles. The fourth-order valence-electron chi connectivity index (χ4n) is 4.72. The Morgan fingerprint density at radius 3 is 2.18 bits per heavy atom. The lowest BCUT2D eigenvalue weighted by molar-refractivity contribution is -0.252. The Morgan fingerprint density at radius 2 is 1.68 bits per heavy atom. The van der Waals surface area contributed by atoms with Crippen molar-refractivity contribution < 1.29 is 19.3 Å². The van der Waals surface area contributed by atoms with Gasteiger partial charge in [0, 0.05) is 18.8 Å². The molecule has 2 atom stereocenters. The van der Waals surface area contributed by atoms with E-state index in [9.17, 15) is 5.11 Å². The molecule has 0 amide bonds. The number of methoxy groups -OCH3 is 1. The molecule has 0 unspecified atom stereocenters. The monoisotopic (exact) mass is 386 g/mol. The van der Waals surface area contributed by atoms with Gasteiger partial charge in [-0.15, -0.1) is 13.2 Å². The summed E-state index contributed by atoms with van der Waals surface area (Å²) < 4.78 is 17.5. The number of benzene rings is 1. The Balaban J connectivity index is 1.79. The van der Waals surface area contributed by atoms with E-state index in [1.165, 1.54) is 5.56 Å². The van der Waals surface area contributed by atoms with E-state index < -0.39 is 11.9 Å². The quantitative estimate of drug-likeness (QED) is 0.692. The van der Waals surface area contributed by atoms with E-state index in [0.717, 1.165) is 63.9 Å².